The maximum atomic E-state index is 13.0. The second-order valence-corrected chi connectivity index (χ2v) is 8.84. The number of nitrogens with one attached hydrogen (secondary N) is 1. The van der Waals surface area contributed by atoms with E-state index in [9.17, 15) is 24.4 Å². The molecule has 0 saturated carbocycles. The van der Waals surface area contributed by atoms with Gasteiger partial charge in [0, 0.05) is 36.0 Å². The van der Waals surface area contributed by atoms with Gasteiger partial charge in [0.15, 0.2) is 6.23 Å². The number of nitrogens with zero attached hydrogens (tertiary/aromatic N) is 5. The van der Waals surface area contributed by atoms with Crippen molar-refractivity contribution < 1.29 is 33.1 Å². The molecule has 2 aromatic rings. The molecule has 33 heavy (non-hydrogen) atoms. The van der Waals surface area contributed by atoms with Crippen LogP contribution in [0, 0.1) is 0 Å². The summed E-state index contributed by atoms with van der Waals surface area (Å²) in [5.74, 6) is 0. The summed E-state index contributed by atoms with van der Waals surface area (Å²) in [5.41, 5.74) is 5.72. The molecule has 0 amide bonds. The van der Waals surface area contributed by atoms with Gasteiger partial charge in [0.25, 0.3) is 5.56 Å². The Morgan fingerprint density at radius 1 is 1.42 bits per heavy atom. The molecule has 6 atom stereocenters. The molecule has 0 radical (unpaired) electrons. The van der Waals surface area contributed by atoms with Crippen LogP contribution in [0.5, 0.6) is 0 Å². The Kier molecular flexibility index (Phi) is 6.47. The van der Waals surface area contributed by atoms with Gasteiger partial charge in [-0.05, 0) is 17.2 Å². The maximum absolute atomic E-state index is 13.0. The monoisotopic (exact) mass is 482 g/mol. The van der Waals surface area contributed by atoms with Gasteiger partial charge in [-0.2, -0.15) is 0 Å². The van der Waals surface area contributed by atoms with E-state index < -0.39 is 55.9 Å². The number of azide groups is 1. The first-order valence-corrected chi connectivity index (χ1v) is 11.1. The van der Waals surface area contributed by atoms with Crippen LogP contribution in [-0.4, -0.2) is 55.9 Å². The predicted molar refractivity (Wildman–Crippen MR) is 108 cm³/mol. The van der Waals surface area contributed by atoms with E-state index in [0.29, 0.717) is 12.0 Å². The van der Waals surface area contributed by atoms with Crippen molar-refractivity contribution in [2.75, 3.05) is 13.2 Å². The highest BCUT2D eigenvalue weighted by atomic mass is 31.2. The summed E-state index contributed by atoms with van der Waals surface area (Å²) < 4.78 is 35.3. The number of hydrogen-bond donors (Lipinski definition) is 3. The van der Waals surface area contributed by atoms with Gasteiger partial charge in [-0.15, -0.1) is 0 Å². The van der Waals surface area contributed by atoms with Crippen molar-refractivity contribution in [2.45, 2.75) is 36.7 Å². The van der Waals surface area contributed by atoms with Crippen molar-refractivity contribution in [3.8, 4) is 0 Å². The normalized spacial score (nSPS) is 34.0. The number of aromatic amines is 1. The molecule has 2 aromatic heterocycles. The topological polar surface area (TPSA) is 211 Å². The van der Waals surface area contributed by atoms with Gasteiger partial charge in [-0.3, -0.25) is 32.9 Å². The number of ether oxygens (including phenoxy) is 1. The Morgan fingerprint density at radius 2 is 2.24 bits per heavy atom. The van der Waals surface area contributed by atoms with Crippen LogP contribution in [0.2, 0.25) is 0 Å². The zero-order valence-corrected chi connectivity index (χ0v) is 17.7. The van der Waals surface area contributed by atoms with E-state index in [1.807, 2.05) is 4.98 Å². The molecule has 0 aliphatic carbocycles. The Balaban J connectivity index is 1.55. The fourth-order valence-electron chi connectivity index (χ4n) is 3.47. The number of aliphatic hydroxyl groups is 2. The van der Waals surface area contributed by atoms with Crippen LogP contribution in [0.3, 0.4) is 0 Å². The molecule has 176 valence electrons. The van der Waals surface area contributed by atoms with E-state index in [4.69, 9.17) is 23.8 Å². The van der Waals surface area contributed by atoms with Crippen molar-refractivity contribution in [3.63, 3.8) is 0 Å². The number of hydrogen-bond acceptors (Lipinski definition) is 11. The molecule has 2 aliphatic heterocycles. The summed E-state index contributed by atoms with van der Waals surface area (Å²) in [6, 6.07) is 4.40. The highest BCUT2D eigenvalue weighted by Crippen LogP contribution is 2.58. The van der Waals surface area contributed by atoms with E-state index in [0.717, 1.165) is 16.8 Å². The first-order chi connectivity index (χ1) is 15.8. The lowest BCUT2D eigenvalue weighted by atomic mass is 10.1. The summed E-state index contributed by atoms with van der Waals surface area (Å²) in [5, 5.41) is 24.4. The molecule has 4 heterocycles. The molecule has 0 spiro atoms. The maximum Gasteiger partial charge on any atom is 0.475 e. The van der Waals surface area contributed by atoms with Gasteiger partial charge >= 0.3 is 13.5 Å². The molecular formula is C17H19N6O9P. The molecular weight excluding hydrogens is 463 g/mol. The number of aliphatic hydroxyl groups excluding tert-OH is 2. The lowest BCUT2D eigenvalue weighted by Crippen LogP contribution is -2.45. The second-order valence-electron chi connectivity index (χ2n) is 7.22. The number of phosphoric ester groups is 1. The molecule has 0 aromatic carbocycles. The van der Waals surface area contributed by atoms with E-state index in [-0.39, 0.29) is 6.61 Å². The minimum Gasteiger partial charge on any atom is -0.387 e. The van der Waals surface area contributed by atoms with Gasteiger partial charge in [-0.25, -0.2) is 9.36 Å². The highest BCUT2D eigenvalue weighted by Gasteiger charge is 2.56. The van der Waals surface area contributed by atoms with Crippen LogP contribution >= 0.6 is 7.82 Å². The molecule has 2 aliphatic rings. The summed E-state index contributed by atoms with van der Waals surface area (Å²) in [4.78, 5) is 32.0. The Labute approximate surface area is 184 Å². The number of pyridine rings is 1. The quantitative estimate of drug-likeness (QED) is 0.224. The third-order valence-electron chi connectivity index (χ3n) is 5.11. The zero-order valence-electron chi connectivity index (χ0n) is 16.8. The van der Waals surface area contributed by atoms with Crippen molar-refractivity contribution in [1.29, 1.82) is 0 Å². The number of phosphoric acid groups is 1. The van der Waals surface area contributed by atoms with Crippen LogP contribution < -0.4 is 11.2 Å². The summed E-state index contributed by atoms with van der Waals surface area (Å²) >= 11 is 0. The van der Waals surface area contributed by atoms with E-state index in [1.165, 1.54) is 6.20 Å². The Bertz CT molecular complexity index is 1220. The average Bonchev–Trinajstić information content (AvgIpc) is 3.04. The van der Waals surface area contributed by atoms with Crippen LogP contribution in [-0.2, 0) is 22.9 Å². The number of rotatable bonds is 6. The number of aromatic nitrogens is 3. The molecule has 4 rings (SSSR count). The third kappa shape index (κ3) is 4.62. The van der Waals surface area contributed by atoms with Crippen LogP contribution in [0.25, 0.3) is 10.4 Å². The van der Waals surface area contributed by atoms with Crippen molar-refractivity contribution in [2.24, 2.45) is 5.11 Å². The van der Waals surface area contributed by atoms with Crippen molar-refractivity contribution in [3.05, 3.63) is 73.6 Å². The largest absolute Gasteiger partial charge is 0.475 e. The number of H-pyrrole nitrogens is 1. The summed E-state index contributed by atoms with van der Waals surface area (Å²) in [6.07, 6.45) is -1.39. The van der Waals surface area contributed by atoms with Gasteiger partial charge < -0.3 is 14.9 Å². The van der Waals surface area contributed by atoms with Gasteiger partial charge in [-0.1, -0.05) is 11.2 Å². The smallest absolute Gasteiger partial charge is 0.387 e. The van der Waals surface area contributed by atoms with Gasteiger partial charge in [0.05, 0.1) is 19.3 Å². The van der Waals surface area contributed by atoms with E-state index in [1.54, 1.807) is 18.3 Å². The molecule has 3 N–H and O–H groups in total. The molecule has 16 heteroatoms. The summed E-state index contributed by atoms with van der Waals surface area (Å²) in [7, 11) is -4.21. The lowest BCUT2D eigenvalue weighted by molar-refractivity contribution is -0.127. The van der Waals surface area contributed by atoms with Crippen LogP contribution in [0.4, 0.5) is 0 Å². The van der Waals surface area contributed by atoms with Crippen LogP contribution in [0.15, 0.2) is 51.5 Å². The second kappa shape index (κ2) is 9.17. The zero-order chi connectivity index (χ0) is 23.6. The lowest BCUT2D eigenvalue weighted by Gasteiger charge is -2.32. The van der Waals surface area contributed by atoms with E-state index in [2.05, 4.69) is 15.0 Å². The fraction of sp³-hybridized carbons (Fsp3) is 0.471. The molecule has 2 saturated heterocycles. The summed E-state index contributed by atoms with van der Waals surface area (Å²) in [6.45, 7) is -0.826. The molecule has 2 fully saturated rings. The minimum atomic E-state index is -4.21. The first kappa shape index (κ1) is 23.3. The minimum absolute atomic E-state index is 0.0206. The van der Waals surface area contributed by atoms with Crippen molar-refractivity contribution >= 4 is 7.82 Å². The third-order valence-corrected chi connectivity index (χ3v) is 6.57. The van der Waals surface area contributed by atoms with Crippen LogP contribution in [0.1, 0.15) is 24.3 Å². The van der Waals surface area contributed by atoms with Crippen molar-refractivity contribution in [1.82, 2.24) is 14.5 Å². The fourth-order valence-corrected chi connectivity index (χ4v) is 4.88. The molecule has 0 bridgehead atoms. The Hall–Kier alpha value is -2.87. The predicted octanol–water partition coefficient (Wildman–Crippen LogP) is 0.492. The van der Waals surface area contributed by atoms with Gasteiger partial charge in [0.1, 0.15) is 12.2 Å². The molecule has 1 unspecified atom stereocenters. The SMILES string of the molecule is [N-]=[N+]=N[C@]1(COP2(=O)OCC[C@@H](c3cccnc3)O2)O[C@@H](n2ccc(=O)[nH]c2=O)[C@H](O)[C@@H]1O. The van der Waals surface area contributed by atoms with E-state index >= 15 is 0 Å². The highest BCUT2D eigenvalue weighted by molar-refractivity contribution is 7.48. The standard InChI is InChI=1S/C17H19N6O9P/c18-22-21-17(14(26)13(25)15(31-17)23-6-3-12(24)20-16(23)27)9-30-33(28)29-7-4-11(32-33)10-2-1-5-19-8-10/h1-3,5-6,8,11,13-15,25-26H,4,7,9H2,(H,20,24,27)/t11-,13+,14-,15+,17+,33?/m0/s1. The van der Waals surface area contributed by atoms with Gasteiger partial charge in [0.2, 0.25) is 5.72 Å². The average molecular weight is 482 g/mol. The Morgan fingerprint density at radius 3 is 2.94 bits per heavy atom. The first-order valence-electron chi connectivity index (χ1n) is 9.66. The molecule has 15 nitrogen and oxygen atoms in total.